The monoisotopic (exact) mass is 230 g/mol. The predicted octanol–water partition coefficient (Wildman–Crippen LogP) is -1.97. The largest absolute Gasteiger partial charge is 1.00 e. The van der Waals surface area contributed by atoms with Crippen LogP contribution in [0.15, 0.2) is 20.2 Å². The van der Waals surface area contributed by atoms with Crippen LogP contribution in [0.1, 0.15) is 20.8 Å². The van der Waals surface area contributed by atoms with Crippen LogP contribution in [0.3, 0.4) is 0 Å². The summed E-state index contributed by atoms with van der Waals surface area (Å²) in [6.07, 6.45) is 3.39. The molecular weight excluding hydrogens is 217 g/mol. The summed E-state index contributed by atoms with van der Waals surface area (Å²) in [4.78, 5) is 8.61. The van der Waals surface area contributed by atoms with E-state index in [9.17, 15) is 0 Å². The van der Waals surface area contributed by atoms with Gasteiger partial charge >= 0.3 is 18.9 Å². The van der Waals surface area contributed by atoms with Crippen molar-refractivity contribution in [3.63, 3.8) is 0 Å². The summed E-state index contributed by atoms with van der Waals surface area (Å²) in [7, 11) is 0. The van der Waals surface area contributed by atoms with Gasteiger partial charge in [0.15, 0.2) is 0 Å². The molecule has 2 heterocycles. The molecule has 2 rings (SSSR count). The summed E-state index contributed by atoms with van der Waals surface area (Å²) in [6.45, 7) is 6.03. The van der Waals surface area contributed by atoms with Crippen LogP contribution in [-0.2, 0) is 13.5 Å². The zero-order valence-electron chi connectivity index (χ0n) is 9.92. The molecule has 82 valence electrons. The Morgan fingerprint density at radius 2 is 2.00 bits per heavy atom. The van der Waals surface area contributed by atoms with Crippen LogP contribution < -0.4 is 18.9 Å². The Hall–Kier alpha value is -0.703. The van der Waals surface area contributed by atoms with E-state index in [4.69, 9.17) is 0 Å². The Morgan fingerprint density at radius 3 is 2.62 bits per heavy atom. The molecule has 7 heteroatoms. The Kier molecular flexibility index (Phi) is 5.87. The second-order valence-electron chi connectivity index (χ2n) is 3.52. The maximum absolute atomic E-state index is 4.36. The van der Waals surface area contributed by atoms with Gasteiger partial charge < -0.3 is 23.5 Å². The molecule has 0 aromatic carbocycles. The van der Waals surface area contributed by atoms with Crippen molar-refractivity contribution >= 4 is 37.6 Å². The van der Waals surface area contributed by atoms with E-state index in [2.05, 4.69) is 34.0 Å². The van der Waals surface area contributed by atoms with Crippen molar-refractivity contribution in [2.24, 2.45) is 26.1 Å². The SMILES string of the molecule is C[C-]1C=NN2N=CC(C(C)C)=NC2=N1.[Li+].[SH-]. The first kappa shape index (κ1) is 15.3. The van der Waals surface area contributed by atoms with Crippen molar-refractivity contribution in [1.29, 1.82) is 0 Å². The van der Waals surface area contributed by atoms with Gasteiger partial charge in [0.2, 0.25) is 0 Å². The van der Waals surface area contributed by atoms with E-state index in [1.165, 1.54) is 5.12 Å². The zero-order valence-corrected chi connectivity index (χ0v) is 10.8. The number of aliphatic imine (C=N–C) groups is 2. The fraction of sp³-hybridized carbons (Fsp3) is 0.444. The number of rotatable bonds is 1. The van der Waals surface area contributed by atoms with Gasteiger partial charge in [0.05, 0.1) is 6.21 Å². The summed E-state index contributed by atoms with van der Waals surface area (Å²) in [5.41, 5.74) is 0.935. The van der Waals surface area contributed by atoms with Crippen molar-refractivity contribution in [1.82, 2.24) is 5.12 Å². The van der Waals surface area contributed by atoms with E-state index in [0.29, 0.717) is 11.9 Å². The van der Waals surface area contributed by atoms with Crippen molar-refractivity contribution in [3.05, 3.63) is 6.04 Å². The Balaban J connectivity index is 0.00000112. The molecule has 0 saturated heterocycles. The normalized spacial score (nSPS) is 17.2. The molecule has 0 unspecified atom stereocenters. The van der Waals surface area contributed by atoms with Crippen LogP contribution in [0.25, 0.3) is 0 Å². The first-order valence-electron chi connectivity index (χ1n) is 4.56. The molecule has 16 heavy (non-hydrogen) atoms. The number of thiol groups is 1. The minimum atomic E-state index is 0. The molecule has 0 spiro atoms. The topological polar surface area (TPSA) is 52.7 Å². The quantitative estimate of drug-likeness (QED) is 0.227. The fourth-order valence-electron chi connectivity index (χ4n) is 1.11. The third-order valence-corrected chi connectivity index (χ3v) is 1.93. The van der Waals surface area contributed by atoms with Gasteiger partial charge in [-0.05, 0) is 12.1 Å². The summed E-state index contributed by atoms with van der Waals surface area (Å²) < 4.78 is 0. The van der Waals surface area contributed by atoms with Gasteiger partial charge in [0.1, 0.15) is 5.96 Å². The van der Waals surface area contributed by atoms with E-state index in [0.717, 1.165) is 11.8 Å². The number of fused-ring (bicyclic) bond motifs is 1. The molecule has 0 aliphatic carbocycles. The van der Waals surface area contributed by atoms with Crippen molar-refractivity contribution in [2.75, 3.05) is 0 Å². The van der Waals surface area contributed by atoms with Gasteiger partial charge in [0.25, 0.3) is 0 Å². The second kappa shape index (κ2) is 6.14. The average Bonchev–Trinajstić information content (AvgIpc) is 2.16. The van der Waals surface area contributed by atoms with E-state index in [1.54, 1.807) is 12.4 Å². The maximum Gasteiger partial charge on any atom is 1.00 e. The predicted molar refractivity (Wildman–Crippen MR) is 66.2 cm³/mol. The fourth-order valence-corrected chi connectivity index (χ4v) is 1.11. The van der Waals surface area contributed by atoms with Gasteiger partial charge in [-0.25, -0.2) is 0 Å². The molecule has 5 nitrogen and oxygen atoms in total. The molecule has 0 atom stereocenters. The summed E-state index contributed by atoms with van der Waals surface area (Å²) in [6, 6.07) is 0.847. The van der Waals surface area contributed by atoms with Crippen LogP contribution in [0, 0.1) is 12.0 Å². The molecule has 2 aliphatic rings. The standard InChI is InChI=1S/C9H12N5.Li.H2S/c1-6(2)8-5-11-14-9(13-8)12-7(3)4-10-14;;/h4-6H,1-3H3;;1H2/q-1;+1;/p-1. The average molecular weight is 230 g/mol. The molecule has 0 saturated carbocycles. The number of hydrogen-bond donors (Lipinski definition) is 0. The third-order valence-electron chi connectivity index (χ3n) is 1.93. The molecule has 0 bridgehead atoms. The minimum Gasteiger partial charge on any atom is -0.813 e. The molecule has 0 aromatic heterocycles. The first-order valence-corrected chi connectivity index (χ1v) is 4.56. The van der Waals surface area contributed by atoms with Crippen LogP contribution in [0.5, 0.6) is 0 Å². The van der Waals surface area contributed by atoms with Gasteiger partial charge in [-0.15, -0.1) is 0 Å². The zero-order chi connectivity index (χ0) is 10.1. The molecule has 0 N–H and O–H groups in total. The minimum absolute atomic E-state index is 0. The van der Waals surface area contributed by atoms with E-state index in [1.807, 2.05) is 6.92 Å². The molecule has 0 radical (unpaired) electrons. The third kappa shape index (κ3) is 3.14. The Bertz CT molecular complexity index is 361. The van der Waals surface area contributed by atoms with Crippen LogP contribution in [0.4, 0.5) is 0 Å². The van der Waals surface area contributed by atoms with Crippen molar-refractivity contribution in [2.45, 2.75) is 20.8 Å². The number of hydrazone groups is 2. The van der Waals surface area contributed by atoms with Crippen LogP contribution in [-0.4, -0.2) is 29.2 Å². The van der Waals surface area contributed by atoms with Crippen LogP contribution in [0.2, 0.25) is 0 Å². The summed E-state index contributed by atoms with van der Waals surface area (Å²) in [5, 5.41) is 9.62. The van der Waals surface area contributed by atoms with Crippen LogP contribution >= 0.6 is 0 Å². The molecule has 2 aliphatic heterocycles. The van der Waals surface area contributed by atoms with Crippen molar-refractivity contribution < 1.29 is 18.9 Å². The Morgan fingerprint density at radius 1 is 1.31 bits per heavy atom. The number of nitrogens with zero attached hydrogens (tertiary/aromatic N) is 5. The summed E-state index contributed by atoms with van der Waals surface area (Å²) in [5.74, 6) is 0.908. The molecule has 0 aromatic rings. The second-order valence-corrected chi connectivity index (χ2v) is 3.52. The smallest absolute Gasteiger partial charge is 0.813 e. The van der Waals surface area contributed by atoms with E-state index >= 15 is 0 Å². The Labute approximate surface area is 114 Å². The molecular formula is C9H13LiN5S-. The maximum atomic E-state index is 4.36. The number of hydrogen-bond acceptors (Lipinski definition) is 6. The summed E-state index contributed by atoms with van der Waals surface area (Å²) >= 11 is 0. The number of guanidine groups is 1. The van der Waals surface area contributed by atoms with E-state index < -0.39 is 0 Å². The van der Waals surface area contributed by atoms with Gasteiger partial charge in [0, 0.05) is 5.71 Å². The van der Waals surface area contributed by atoms with Gasteiger partial charge in [-0.1, -0.05) is 26.8 Å². The first-order chi connectivity index (χ1) is 6.66. The van der Waals surface area contributed by atoms with Gasteiger partial charge in [-0.3, -0.25) is 0 Å². The molecule has 0 fully saturated rings. The van der Waals surface area contributed by atoms with E-state index in [-0.39, 0.29) is 32.4 Å². The molecule has 0 amide bonds. The van der Waals surface area contributed by atoms with Gasteiger partial charge in [-0.2, -0.15) is 15.3 Å². The van der Waals surface area contributed by atoms with Crippen molar-refractivity contribution in [3.8, 4) is 0 Å².